The van der Waals surface area contributed by atoms with E-state index in [1.807, 2.05) is 19.1 Å². The Morgan fingerprint density at radius 2 is 1.83 bits per heavy atom. The van der Waals surface area contributed by atoms with E-state index in [-0.39, 0.29) is 17.7 Å². The summed E-state index contributed by atoms with van der Waals surface area (Å²) >= 11 is 0. The molecule has 1 amide bonds. The average molecular weight is 510 g/mol. The number of carbonyl (C=O) groups is 1. The normalized spacial score (nSPS) is 14.8. The maximum atomic E-state index is 12.7. The third kappa shape index (κ3) is 7.05. The van der Waals surface area contributed by atoms with Crippen molar-refractivity contribution in [1.29, 1.82) is 0 Å². The Morgan fingerprint density at radius 1 is 1.08 bits per heavy atom. The number of hydrogen-bond acceptors (Lipinski definition) is 7. The average Bonchev–Trinajstić information content (AvgIpc) is 2.85. The Kier molecular flexibility index (Phi) is 8.22. The highest BCUT2D eigenvalue weighted by Gasteiger charge is 2.22. The highest BCUT2D eigenvalue weighted by atomic mass is 32.2. The van der Waals surface area contributed by atoms with Gasteiger partial charge in [-0.3, -0.25) is 14.7 Å². The van der Waals surface area contributed by atoms with Gasteiger partial charge in [-0.2, -0.15) is 8.42 Å². The summed E-state index contributed by atoms with van der Waals surface area (Å²) in [5.74, 6) is 0.757. The van der Waals surface area contributed by atoms with Crippen LogP contribution in [0.5, 0.6) is 11.5 Å². The van der Waals surface area contributed by atoms with Gasteiger partial charge >= 0.3 is 10.1 Å². The van der Waals surface area contributed by atoms with Crippen molar-refractivity contribution in [2.24, 2.45) is 0 Å². The fraction of sp³-hybridized carbons (Fsp3) is 0.333. The van der Waals surface area contributed by atoms with Crippen LogP contribution in [0.4, 0.5) is 0 Å². The van der Waals surface area contributed by atoms with Crippen molar-refractivity contribution in [3.63, 3.8) is 0 Å². The van der Waals surface area contributed by atoms with E-state index in [0.717, 1.165) is 55.6 Å². The molecule has 8 nitrogen and oxygen atoms in total. The number of amides is 1. The van der Waals surface area contributed by atoms with E-state index in [2.05, 4.69) is 33.4 Å². The number of nitrogens with one attached hydrogen (secondary N) is 1. The van der Waals surface area contributed by atoms with Crippen LogP contribution in [0.25, 0.3) is 11.1 Å². The molecule has 2 aromatic carbocycles. The van der Waals surface area contributed by atoms with Crippen LogP contribution in [-0.4, -0.2) is 56.2 Å². The van der Waals surface area contributed by atoms with Gasteiger partial charge in [0.25, 0.3) is 5.91 Å². The van der Waals surface area contributed by atoms with Crippen LogP contribution in [0.15, 0.2) is 67.0 Å². The van der Waals surface area contributed by atoms with Gasteiger partial charge in [-0.25, -0.2) is 0 Å². The van der Waals surface area contributed by atoms with Crippen molar-refractivity contribution in [3.05, 3.63) is 78.1 Å². The molecule has 0 saturated carbocycles. The van der Waals surface area contributed by atoms with Crippen molar-refractivity contribution >= 4 is 16.0 Å². The number of aromatic nitrogens is 1. The number of rotatable bonds is 9. The number of likely N-dealkylation sites (tertiary alicyclic amines) is 1. The van der Waals surface area contributed by atoms with Crippen LogP contribution in [0, 0.1) is 0 Å². The van der Waals surface area contributed by atoms with E-state index in [1.54, 1.807) is 24.5 Å². The number of nitrogens with zero attached hydrogens (tertiary/aromatic N) is 2. The van der Waals surface area contributed by atoms with Gasteiger partial charge in [-0.1, -0.05) is 18.2 Å². The Bertz CT molecular complexity index is 1290. The van der Waals surface area contributed by atoms with Crippen molar-refractivity contribution in [3.8, 4) is 22.6 Å². The van der Waals surface area contributed by atoms with E-state index >= 15 is 0 Å². The zero-order chi connectivity index (χ0) is 25.5. The topological polar surface area (TPSA) is 97.8 Å². The SMILES string of the molecule is CCOc1cc(CN2CCC(NC(=O)c3cccc(OS(C)(=O)=O)c3)CC2)ccc1-c1ccncc1. The fourth-order valence-corrected chi connectivity index (χ4v) is 4.79. The van der Waals surface area contributed by atoms with E-state index in [9.17, 15) is 13.2 Å². The maximum Gasteiger partial charge on any atom is 0.306 e. The molecule has 1 fully saturated rings. The minimum absolute atomic E-state index is 0.0567. The summed E-state index contributed by atoms with van der Waals surface area (Å²) in [5, 5.41) is 3.07. The van der Waals surface area contributed by atoms with Gasteiger partial charge in [0.1, 0.15) is 11.5 Å². The molecule has 0 spiro atoms. The van der Waals surface area contributed by atoms with Crippen LogP contribution < -0.4 is 14.2 Å². The molecule has 0 atom stereocenters. The first-order valence-corrected chi connectivity index (χ1v) is 13.8. The van der Waals surface area contributed by atoms with E-state index < -0.39 is 10.1 Å². The molecule has 36 heavy (non-hydrogen) atoms. The lowest BCUT2D eigenvalue weighted by Crippen LogP contribution is -2.44. The van der Waals surface area contributed by atoms with Gasteiger partial charge in [-0.05, 0) is 67.3 Å². The van der Waals surface area contributed by atoms with Crippen LogP contribution in [0.1, 0.15) is 35.7 Å². The molecule has 1 saturated heterocycles. The second-order valence-electron chi connectivity index (χ2n) is 8.84. The van der Waals surface area contributed by atoms with Gasteiger partial charge in [-0.15, -0.1) is 0 Å². The number of carbonyl (C=O) groups excluding carboxylic acids is 1. The Labute approximate surface area is 212 Å². The second kappa shape index (κ2) is 11.5. The summed E-state index contributed by atoms with van der Waals surface area (Å²) in [6.07, 6.45) is 6.20. The summed E-state index contributed by atoms with van der Waals surface area (Å²) in [7, 11) is -3.65. The predicted octanol–water partition coefficient (Wildman–Crippen LogP) is 3.88. The summed E-state index contributed by atoms with van der Waals surface area (Å²) in [4.78, 5) is 19.2. The van der Waals surface area contributed by atoms with E-state index in [0.29, 0.717) is 12.2 Å². The molecule has 9 heteroatoms. The molecular weight excluding hydrogens is 478 g/mol. The number of ether oxygens (including phenoxy) is 1. The number of hydrogen-bond donors (Lipinski definition) is 1. The molecule has 3 aromatic rings. The fourth-order valence-electron chi connectivity index (χ4n) is 4.34. The third-order valence-corrected chi connectivity index (χ3v) is 6.51. The third-order valence-electron chi connectivity index (χ3n) is 6.01. The van der Waals surface area contributed by atoms with Crippen LogP contribution in [0.2, 0.25) is 0 Å². The molecule has 1 aromatic heterocycles. The lowest BCUT2D eigenvalue weighted by molar-refractivity contribution is 0.0908. The van der Waals surface area contributed by atoms with Gasteiger partial charge in [0, 0.05) is 49.2 Å². The number of pyridine rings is 1. The molecule has 2 heterocycles. The first-order chi connectivity index (χ1) is 17.3. The maximum absolute atomic E-state index is 12.7. The number of piperidine rings is 1. The molecule has 4 rings (SSSR count). The van der Waals surface area contributed by atoms with Crippen LogP contribution in [0.3, 0.4) is 0 Å². The molecule has 1 aliphatic rings. The van der Waals surface area contributed by atoms with Crippen molar-refractivity contribution in [2.75, 3.05) is 26.0 Å². The van der Waals surface area contributed by atoms with Crippen molar-refractivity contribution in [2.45, 2.75) is 32.4 Å². The van der Waals surface area contributed by atoms with Crippen molar-refractivity contribution in [1.82, 2.24) is 15.2 Å². The van der Waals surface area contributed by atoms with Crippen LogP contribution in [-0.2, 0) is 16.7 Å². The Hall–Kier alpha value is -3.43. The molecule has 0 unspecified atom stereocenters. The van der Waals surface area contributed by atoms with E-state index in [1.165, 1.54) is 17.7 Å². The molecular formula is C27H31N3O5S. The molecule has 1 N–H and O–H groups in total. The summed E-state index contributed by atoms with van der Waals surface area (Å²) < 4.78 is 33.5. The second-order valence-corrected chi connectivity index (χ2v) is 10.4. The van der Waals surface area contributed by atoms with Gasteiger partial charge in [0.05, 0.1) is 12.9 Å². The quantitative estimate of drug-likeness (QED) is 0.437. The minimum Gasteiger partial charge on any atom is -0.493 e. The number of benzene rings is 2. The highest BCUT2D eigenvalue weighted by Crippen LogP contribution is 2.31. The Morgan fingerprint density at radius 3 is 2.53 bits per heavy atom. The van der Waals surface area contributed by atoms with Crippen molar-refractivity contribution < 1.29 is 22.1 Å². The standard InChI is InChI=1S/C27H31N3O5S/c1-3-34-26-17-20(7-8-25(26)21-9-13-28-14-10-21)19-30-15-11-23(12-16-30)29-27(31)22-5-4-6-24(18-22)35-36(2,32)33/h4-10,13-14,17-18,23H,3,11-12,15-16,19H2,1-2H3,(H,29,31). The summed E-state index contributed by atoms with van der Waals surface area (Å²) in [6, 6.07) is 16.6. The lowest BCUT2D eigenvalue weighted by Gasteiger charge is -2.32. The zero-order valence-electron chi connectivity index (χ0n) is 20.5. The minimum atomic E-state index is -3.65. The molecule has 1 aliphatic heterocycles. The summed E-state index contributed by atoms with van der Waals surface area (Å²) in [5.41, 5.74) is 3.68. The largest absolute Gasteiger partial charge is 0.493 e. The molecule has 0 radical (unpaired) electrons. The van der Waals surface area contributed by atoms with E-state index in [4.69, 9.17) is 8.92 Å². The monoisotopic (exact) mass is 509 g/mol. The zero-order valence-corrected chi connectivity index (χ0v) is 21.3. The highest BCUT2D eigenvalue weighted by molar-refractivity contribution is 7.86. The Balaban J connectivity index is 1.33. The lowest BCUT2D eigenvalue weighted by atomic mass is 10.0. The molecule has 190 valence electrons. The van der Waals surface area contributed by atoms with Gasteiger partial charge < -0.3 is 14.2 Å². The first-order valence-electron chi connectivity index (χ1n) is 12.0. The molecule has 0 aliphatic carbocycles. The predicted molar refractivity (Wildman–Crippen MR) is 139 cm³/mol. The first kappa shape index (κ1) is 25.7. The van der Waals surface area contributed by atoms with Gasteiger partial charge in [0.15, 0.2) is 0 Å². The van der Waals surface area contributed by atoms with Crippen LogP contribution >= 0.6 is 0 Å². The smallest absolute Gasteiger partial charge is 0.306 e. The van der Waals surface area contributed by atoms with Gasteiger partial charge in [0.2, 0.25) is 0 Å². The molecule has 0 bridgehead atoms. The summed E-state index contributed by atoms with van der Waals surface area (Å²) in [6.45, 7) is 5.10.